The van der Waals surface area contributed by atoms with E-state index in [1.165, 1.54) is 53.9 Å². The molecule has 0 aromatic heterocycles. The Hall–Kier alpha value is -2.17. The Morgan fingerprint density at radius 2 is 0.857 bits per heavy atom. The minimum absolute atomic E-state index is 0. The van der Waals surface area contributed by atoms with Gasteiger partial charge in [0.2, 0.25) is 0 Å². The first-order valence-electron chi connectivity index (χ1n) is 11.6. The van der Waals surface area contributed by atoms with Gasteiger partial charge in [-0.25, -0.2) is 0 Å². The third-order valence-corrected chi connectivity index (χ3v) is 8.90. The maximum Gasteiger partial charge on any atom is 0 e. The first kappa shape index (κ1) is 25.9. The fourth-order valence-electron chi connectivity index (χ4n) is 4.18. The molecule has 0 bridgehead atoms. The molecule has 6 aromatic rings. The third-order valence-electron chi connectivity index (χ3n) is 6.08. The van der Waals surface area contributed by atoms with Gasteiger partial charge in [0.05, 0.1) is 0 Å². The Morgan fingerprint density at radius 1 is 0.486 bits per heavy atom. The summed E-state index contributed by atoms with van der Waals surface area (Å²) in [5.41, 5.74) is 2.77. The summed E-state index contributed by atoms with van der Waals surface area (Å²) >= 11 is 0. The Balaban J connectivity index is 0.000000160. The van der Waals surface area contributed by atoms with E-state index >= 15 is 0 Å². The van der Waals surface area contributed by atoms with Crippen molar-refractivity contribution in [3.63, 3.8) is 0 Å². The van der Waals surface area contributed by atoms with E-state index in [1.807, 2.05) is 0 Å². The van der Waals surface area contributed by atoms with E-state index in [1.54, 1.807) is 0 Å². The van der Waals surface area contributed by atoms with Crippen LogP contribution in [-0.4, -0.2) is 0 Å². The first-order valence-corrected chi connectivity index (χ1v) is 13.6. The van der Waals surface area contributed by atoms with Crippen molar-refractivity contribution < 1.29 is 25.8 Å². The van der Waals surface area contributed by atoms with Crippen LogP contribution in [0.4, 0.5) is 0 Å². The van der Waals surface area contributed by atoms with Crippen molar-refractivity contribution in [3.8, 4) is 0 Å². The molecule has 0 spiro atoms. The summed E-state index contributed by atoms with van der Waals surface area (Å²) in [5.74, 6) is 0. The normalized spacial score (nSPS) is 11.3. The molecule has 2 atom stereocenters. The van der Waals surface area contributed by atoms with Crippen molar-refractivity contribution >= 4 is 59.9 Å². The van der Waals surface area contributed by atoms with Crippen LogP contribution in [0.25, 0.3) is 21.5 Å². The van der Waals surface area contributed by atoms with Gasteiger partial charge in [0.25, 0.3) is 0 Å². The molecule has 0 radical (unpaired) electrons. The van der Waals surface area contributed by atoms with Crippen LogP contribution in [-0.2, 0) is 25.8 Å². The molecule has 0 aliphatic carbocycles. The number of fused-ring (bicyclic) bond motifs is 2. The van der Waals surface area contributed by atoms with Gasteiger partial charge >= 0.3 is 0 Å². The molecular weight excluding hydrogens is 625 g/mol. The smallest absolute Gasteiger partial charge is 0 e. The molecule has 172 valence electrons. The average molecular weight is 653 g/mol. The fourth-order valence-corrected chi connectivity index (χ4v) is 6.64. The van der Waals surface area contributed by atoms with Crippen LogP contribution >= 0.6 is 17.2 Å². The zero-order chi connectivity index (χ0) is 23.3. The molecule has 35 heavy (non-hydrogen) atoms. The van der Waals surface area contributed by atoms with Crippen LogP contribution in [0, 0.1) is 13.8 Å². The molecule has 0 heterocycles. The van der Waals surface area contributed by atoms with E-state index in [-0.39, 0.29) is 25.8 Å². The van der Waals surface area contributed by atoms with Crippen LogP contribution in [0.3, 0.4) is 0 Å². The Labute approximate surface area is 230 Å². The minimum atomic E-state index is 0. The molecule has 3 heteroatoms. The largest absolute Gasteiger partial charge is 0.160 e. The van der Waals surface area contributed by atoms with E-state index < -0.39 is 0 Å². The predicted molar refractivity (Wildman–Crippen MR) is 157 cm³/mol. The number of hydrogen-bond acceptors (Lipinski definition) is 0. The quantitative estimate of drug-likeness (QED) is 0.109. The standard InChI is InChI=1S/2C16H14P.Hf/c2*1-12-6-2-5-9-16(12)17-15-10-13-7-3-4-8-14(13)11-15;/h2*2-11,17H,1H3;/q2*-1;. The molecule has 6 rings (SSSR count). The fraction of sp³-hybridized carbons (Fsp3) is 0.0625. The van der Waals surface area contributed by atoms with E-state index in [0.29, 0.717) is 0 Å². The van der Waals surface area contributed by atoms with Gasteiger partial charge in [0, 0.05) is 25.8 Å². The maximum absolute atomic E-state index is 2.31. The van der Waals surface area contributed by atoms with Gasteiger partial charge in [-0.1, -0.05) is 77.8 Å². The minimum Gasteiger partial charge on any atom is -0.160 e. The average Bonchev–Trinajstić information content (AvgIpc) is 3.45. The second kappa shape index (κ2) is 12.2. The number of aryl methyl sites for hydroxylation is 2. The zero-order valence-corrected chi connectivity index (χ0v) is 25.6. The Morgan fingerprint density at radius 3 is 1.26 bits per heavy atom. The molecule has 0 nitrogen and oxygen atoms in total. The SMILES string of the molecule is Cc1ccccc1Pc1cc2ccccc2[cH-]1.Cc1ccccc1Pc1cc2ccccc2[cH-]1.[Hf]. The molecular formula is C32H28HfP2-2. The summed E-state index contributed by atoms with van der Waals surface area (Å²) in [7, 11) is 1.52. The Bertz CT molecular complexity index is 1360. The molecule has 0 amide bonds. The number of rotatable bonds is 4. The zero-order valence-electron chi connectivity index (χ0n) is 20.0. The molecule has 0 N–H and O–H groups in total. The van der Waals surface area contributed by atoms with E-state index in [4.69, 9.17) is 0 Å². The van der Waals surface area contributed by atoms with Crippen molar-refractivity contribution in [2.24, 2.45) is 0 Å². The second-order valence-electron chi connectivity index (χ2n) is 8.63. The van der Waals surface area contributed by atoms with Crippen LogP contribution in [0.1, 0.15) is 11.1 Å². The summed E-state index contributed by atoms with van der Waals surface area (Å²) in [6.07, 6.45) is 0. The van der Waals surface area contributed by atoms with Crippen LogP contribution < -0.4 is 21.2 Å². The molecule has 0 saturated heterocycles. The van der Waals surface area contributed by atoms with Crippen molar-refractivity contribution in [1.82, 2.24) is 0 Å². The van der Waals surface area contributed by atoms with Gasteiger partial charge in [-0.05, 0) is 35.6 Å². The van der Waals surface area contributed by atoms with E-state index in [0.717, 1.165) is 17.2 Å². The van der Waals surface area contributed by atoms with Gasteiger partial charge in [-0.15, -0.1) is 80.7 Å². The molecule has 0 aliphatic rings. The van der Waals surface area contributed by atoms with Gasteiger partial charge in [0.1, 0.15) is 0 Å². The molecule has 0 saturated carbocycles. The monoisotopic (exact) mass is 654 g/mol. The summed E-state index contributed by atoms with van der Waals surface area (Å²) in [4.78, 5) is 0. The Kier molecular flexibility index (Phi) is 9.02. The summed E-state index contributed by atoms with van der Waals surface area (Å²) in [5, 5.41) is 11.2. The molecule has 2 unspecified atom stereocenters. The number of benzene rings is 4. The van der Waals surface area contributed by atoms with Crippen LogP contribution in [0.15, 0.2) is 121 Å². The van der Waals surface area contributed by atoms with Gasteiger partial charge in [-0.3, -0.25) is 0 Å². The topological polar surface area (TPSA) is 0 Å². The number of hydrogen-bond donors (Lipinski definition) is 0. The van der Waals surface area contributed by atoms with Crippen LogP contribution in [0.2, 0.25) is 0 Å². The summed E-state index contributed by atoms with van der Waals surface area (Å²) in [6.45, 7) is 4.37. The van der Waals surface area contributed by atoms with E-state index in [9.17, 15) is 0 Å². The molecule has 6 aromatic carbocycles. The van der Waals surface area contributed by atoms with Gasteiger partial charge in [0.15, 0.2) is 0 Å². The molecule has 0 aliphatic heterocycles. The van der Waals surface area contributed by atoms with Crippen LogP contribution in [0.5, 0.6) is 0 Å². The maximum atomic E-state index is 2.31. The van der Waals surface area contributed by atoms with Gasteiger partial charge < -0.3 is 0 Å². The second-order valence-corrected chi connectivity index (χ2v) is 11.4. The summed E-state index contributed by atoms with van der Waals surface area (Å²) < 4.78 is 0. The van der Waals surface area contributed by atoms with Gasteiger partial charge in [-0.2, -0.15) is 12.1 Å². The van der Waals surface area contributed by atoms with Crippen molar-refractivity contribution in [2.45, 2.75) is 13.8 Å². The van der Waals surface area contributed by atoms with Crippen molar-refractivity contribution in [3.05, 3.63) is 132 Å². The molecule has 0 fully saturated rings. The third kappa shape index (κ3) is 6.54. The predicted octanol–water partition coefficient (Wildman–Crippen LogP) is 6.99. The van der Waals surface area contributed by atoms with Crippen molar-refractivity contribution in [1.29, 1.82) is 0 Å². The summed E-state index contributed by atoms with van der Waals surface area (Å²) in [6, 6.07) is 43.6. The van der Waals surface area contributed by atoms with E-state index in [2.05, 4.69) is 135 Å². The first-order chi connectivity index (χ1) is 16.7. The van der Waals surface area contributed by atoms with Crippen molar-refractivity contribution in [2.75, 3.05) is 0 Å².